The van der Waals surface area contributed by atoms with Crippen molar-refractivity contribution in [3.63, 3.8) is 0 Å². The summed E-state index contributed by atoms with van der Waals surface area (Å²) in [5.41, 5.74) is 1.93. The van der Waals surface area contributed by atoms with E-state index in [1.54, 1.807) is 37.4 Å². The van der Waals surface area contributed by atoms with Crippen molar-refractivity contribution in [2.75, 3.05) is 20.3 Å². The summed E-state index contributed by atoms with van der Waals surface area (Å²) in [5.74, 6) is -1.27. The number of amides is 3. The summed E-state index contributed by atoms with van der Waals surface area (Å²) >= 11 is 0. The van der Waals surface area contributed by atoms with Crippen LogP contribution in [0.15, 0.2) is 48.5 Å². The molecule has 0 radical (unpaired) electrons. The number of nitrogens with zero attached hydrogens (tertiary/aromatic N) is 1. The number of ether oxygens (including phenoxy) is 2. The highest BCUT2D eigenvalue weighted by molar-refractivity contribution is 6.09. The Balaban J connectivity index is 1.43. The van der Waals surface area contributed by atoms with Gasteiger partial charge in [-0.1, -0.05) is 36.4 Å². The van der Waals surface area contributed by atoms with E-state index >= 15 is 0 Å². The predicted molar refractivity (Wildman–Crippen MR) is 107 cm³/mol. The second-order valence-corrected chi connectivity index (χ2v) is 6.68. The summed E-state index contributed by atoms with van der Waals surface area (Å²) in [5, 5.41) is 2.64. The Labute approximate surface area is 173 Å². The van der Waals surface area contributed by atoms with Crippen LogP contribution in [0.3, 0.4) is 0 Å². The quantitative estimate of drug-likeness (QED) is 0.522. The fourth-order valence-corrected chi connectivity index (χ4v) is 3.14. The maximum absolute atomic E-state index is 12.5. The normalized spacial score (nSPS) is 12.9. The lowest BCUT2D eigenvalue weighted by Gasteiger charge is -2.26. The number of para-hydroxylation sites is 1. The summed E-state index contributed by atoms with van der Waals surface area (Å²) in [6.45, 7) is -0.303. The van der Waals surface area contributed by atoms with Crippen LogP contribution in [-0.4, -0.2) is 48.9 Å². The van der Waals surface area contributed by atoms with Gasteiger partial charge in [0, 0.05) is 24.2 Å². The zero-order chi connectivity index (χ0) is 21.5. The average molecular weight is 410 g/mol. The molecule has 1 N–H and O–H groups in total. The topological polar surface area (TPSA) is 102 Å². The second-order valence-electron chi connectivity index (χ2n) is 6.68. The lowest BCUT2D eigenvalue weighted by atomic mass is 9.98. The molecule has 0 aliphatic carbocycles. The monoisotopic (exact) mass is 410 g/mol. The first-order valence-electron chi connectivity index (χ1n) is 9.46. The maximum Gasteiger partial charge on any atom is 0.308 e. The molecule has 3 rings (SSSR count). The van der Waals surface area contributed by atoms with Crippen LogP contribution in [0.2, 0.25) is 0 Å². The van der Waals surface area contributed by atoms with E-state index in [-0.39, 0.29) is 31.8 Å². The van der Waals surface area contributed by atoms with Gasteiger partial charge in [-0.3, -0.25) is 24.1 Å². The fraction of sp³-hybridized carbons (Fsp3) is 0.273. The van der Waals surface area contributed by atoms with E-state index in [0.717, 1.165) is 10.5 Å². The Kier molecular flexibility index (Phi) is 6.79. The number of methoxy groups -OCH3 is 1. The molecule has 1 aliphatic heterocycles. The predicted octanol–water partition coefficient (Wildman–Crippen LogP) is 1.47. The molecule has 0 aromatic heterocycles. The van der Waals surface area contributed by atoms with Crippen LogP contribution < -0.4 is 10.1 Å². The first-order valence-corrected chi connectivity index (χ1v) is 9.46. The summed E-state index contributed by atoms with van der Waals surface area (Å²) in [7, 11) is 1.54. The van der Waals surface area contributed by atoms with E-state index < -0.39 is 24.4 Å². The van der Waals surface area contributed by atoms with Crippen LogP contribution in [0, 0.1) is 0 Å². The van der Waals surface area contributed by atoms with E-state index in [1.807, 2.05) is 18.2 Å². The maximum atomic E-state index is 12.5. The van der Waals surface area contributed by atoms with Crippen LogP contribution in [0.1, 0.15) is 27.9 Å². The Morgan fingerprint density at radius 3 is 2.60 bits per heavy atom. The number of esters is 1. The van der Waals surface area contributed by atoms with Crippen LogP contribution in [0.25, 0.3) is 0 Å². The molecule has 0 atom stereocenters. The molecule has 8 nitrogen and oxygen atoms in total. The minimum atomic E-state index is -0.665. The van der Waals surface area contributed by atoms with Crippen molar-refractivity contribution in [3.8, 4) is 5.75 Å². The van der Waals surface area contributed by atoms with Gasteiger partial charge in [0.05, 0.1) is 20.0 Å². The number of nitrogens with one attached hydrogen (secondary N) is 1. The van der Waals surface area contributed by atoms with Crippen molar-refractivity contribution in [2.24, 2.45) is 0 Å². The number of carbonyl (C=O) groups excluding carboxylic acids is 4. The Hall–Kier alpha value is -3.68. The zero-order valence-electron chi connectivity index (χ0n) is 16.6. The van der Waals surface area contributed by atoms with Crippen molar-refractivity contribution in [1.29, 1.82) is 0 Å². The van der Waals surface area contributed by atoms with E-state index in [0.29, 0.717) is 16.9 Å². The second kappa shape index (κ2) is 9.69. The van der Waals surface area contributed by atoms with Crippen molar-refractivity contribution in [3.05, 3.63) is 65.2 Å². The van der Waals surface area contributed by atoms with Crippen LogP contribution in [-0.2, 0) is 32.1 Å². The largest absolute Gasteiger partial charge is 0.496 e. The van der Waals surface area contributed by atoms with Crippen molar-refractivity contribution >= 4 is 23.7 Å². The zero-order valence-corrected chi connectivity index (χ0v) is 16.6. The van der Waals surface area contributed by atoms with Gasteiger partial charge < -0.3 is 14.8 Å². The Morgan fingerprint density at radius 1 is 1.07 bits per heavy atom. The number of hydrogen-bond donors (Lipinski definition) is 1. The molecule has 0 saturated carbocycles. The molecule has 2 aromatic carbocycles. The summed E-state index contributed by atoms with van der Waals surface area (Å²) < 4.78 is 10.2. The molecule has 8 heteroatoms. The van der Waals surface area contributed by atoms with Gasteiger partial charge in [0.1, 0.15) is 5.75 Å². The number of imide groups is 1. The van der Waals surface area contributed by atoms with Gasteiger partial charge >= 0.3 is 5.97 Å². The molecule has 1 aliphatic rings. The molecule has 2 aromatic rings. The number of hydrogen-bond acceptors (Lipinski definition) is 6. The van der Waals surface area contributed by atoms with Gasteiger partial charge in [-0.25, -0.2) is 0 Å². The average Bonchev–Trinajstić information content (AvgIpc) is 2.76. The highest BCUT2D eigenvalue weighted by atomic mass is 16.5. The van der Waals surface area contributed by atoms with Crippen LogP contribution in [0.5, 0.6) is 5.75 Å². The van der Waals surface area contributed by atoms with Crippen molar-refractivity contribution in [1.82, 2.24) is 10.2 Å². The first-order chi connectivity index (χ1) is 14.5. The van der Waals surface area contributed by atoms with Crippen LogP contribution >= 0.6 is 0 Å². The number of carbonyl (C=O) groups is 4. The van der Waals surface area contributed by atoms with Crippen molar-refractivity contribution in [2.45, 2.75) is 19.4 Å². The summed E-state index contributed by atoms with van der Waals surface area (Å²) in [4.78, 5) is 49.6. The third-order valence-electron chi connectivity index (χ3n) is 4.71. The molecule has 0 bridgehead atoms. The minimum absolute atomic E-state index is 0.0896. The van der Waals surface area contributed by atoms with E-state index in [9.17, 15) is 19.2 Å². The van der Waals surface area contributed by atoms with Crippen LogP contribution in [0.4, 0.5) is 0 Å². The molecule has 0 unspecified atom stereocenters. The van der Waals surface area contributed by atoms with Gasteiger partial charge in [-0.2, -0.15) is 0 Å². The molecular weight excluding hydrogens is 388 g/mol. The molecule has 0 saturated heterocycles. The highest BCUT2D eigenvalue weighted by Crippen LogP contribution is 2.20. The van der Waals surface area contributed by atoms with Gasteiger partial charge in [0.25, 0.3) is 11.8 Å². The molecule has 156 valence electrons. The summed E-state index contributed by atoms with van der Waals surface area (Å²) in [6.07, 6.45) is -0.0677. The smallest absolute Gasteiger partial charge is 0.308 e. The lowest BCUT2D eigenvalue weighted by Crippen LogP contribution is -2.43. The molecule has 1 heterocycles. The van der Waals surface area contributed by atoms with Gasteiger partial charge in [-0.15, -0.1) is 0 Å². The number of benzene rings is 2. The van der Waals surface area contributed by atoms with Gasteiger partial charge in [0.15, 0.2) is 6.61 Å². The van der Waals surface area contributed by atoms with Gasteiger partial charge in [0.2, 0.25) is 5.91 Å². The Bertz CT molecular complexity index is 972. The lowest BCUT2D eigenvalue weighted by molar-refractivity contribution is -0.149. The molecule has 3 amide bonds. The van der Waals surface area contributed by atoms with E-state index in [1.165, 1.54) is 0 Å². The van der Waals surface area contributed by atoms with Gasteiger partial charge in [-0.05, 0) is 17.7 Å². The highest BCUT2D eigenvalue weighted by Gasteiger charge is 2.30. The fourth-order valence-electron chi connectivity index (χ4n) is 3.14. The number of rotatable bonds is 8. The molecule has 30 heavy (non-hydrogen) atoms. The number of fused-ring (bicyclic) bond motifs is 1. The third-order valence-corrected chi connectivity index (χ3v) is 4.71. The first kappa shape index (κ1) is 21.0. The van der Waals surface area contributed by atoms with Crippen molar-refractivity contribution < 1.29 is 28.7 Å². The molecule has 0 fully saturated rings. The SMILES string of the molecule is COc1ccccc1CNC(=O)COC(=O)CCN1C(=O)Cc2ccccc2C1=O. The van der Waals surface area contributed by atoms with E-state index in [2.05, 4.69) is 5.32 Å². The third kappa shape index (κ3) is 5.02. The molecule has 0 spiro atoms. The van der Waals surface area contributed by atoms with E-state index in [4.69, 9.17) is 9.47 Å². The standard InChI is InChI=1S/C22H22N2O6/c1-29-18-9-5-3-7-16(18)13-23-19(25)14-30-21(27)10-11-24-20(26)12-15-6-2-4-8-17(15)22(24)28/h2-9H,10-14H2,1H3,(H,23,25). The summed E-state index contributed by atoms with van der Waals surface area (Å²) in [6, 6.07) is 14.1. The molecular formula is C22H22N2O6. The Morgan fingerprint density at radius 2 is 1.80 bits per heavy atom. The minimum Gasteiger partial charge on any atom is -0.496 e.